The molecule has 0 spiro atoms. The fraction of sp³-hybridized carbons (Fsp3) is 0.417. The summed E-state index contributed by atoms with van der Waals surface area (Å²) in [6.45, 7) is 2.11. The quantitative estimate of drug-likeness (QED) is 0.510. The van der Waals surface area contributed by atoms with Crippen molar-refractivity contribution in [1.82, 2.24) is 0 Å². The SMILES string of the molecule is C[CH]CSCSCCc1ccccc1. The Labute approximate surface area is 95.9 Å². The Morgan fingerprint density at radius 2 is 1.93 bits per heavy atom. The lowest BCUT2D eigenvalue weighted by molar-refractivity contribution is 1.16. The molecule has 0 aliphatic carbocycles. The van der Waals surface area contributed by atoms with Crippen LogP contribution in [0, 0.1) is 6.42 Å². The third-order valence-electron chi connectivity index (χ3n) is 1.83. The average Bonchev–Trinajstić information content (AvgIpc) is 2.25. The van der Waals surface area contributed by atoms with Gasteiger partial charge in [0.15, 0.2) is 0 Å². The van der Waals surface area contributed by atoms with E-state index in [0.29, 0.717) is 0 Å². The fourth-order valence-corrected chi connectivity index (χ4v) is 3.06. The molecule has 0 amide bonds. The van der Waals surface area contributed by atoms with E-state index in [9.17, 15) is 0 Å². The Balaban J connectivity index is 1.99. The minimum atomic E-state index is 1.18. The number of rotatable bonds is 7. The van der Waals surface area contributed by atoms with E-state index >= 15 is 0 Å². The molecule has 0 aliphatic rings. The minimum absolute atomic E-state index is 1.18. The van der Waals surface area contributed by atoms with E-state index in [4.69, 9.17) is 0 Å². The van der Waals surface area contributed by atoms with Gasteiger partial charge in [-0.15, -0.1) is 0 Å². The van der Waals surface area contributed by atoms with Gasteiger partial charge in [-0.05, 0) is 29.9 Å². The predicted molar refractivity (Wildman–Crippen MR) is 69.9 cm³/mol. The van der Waals surface area contributed by atoms with Gasteiger partial charge in [0, 0.05) is 5.08 Å². The topological polar surface area (TPSA) is 0 Å². The lowest BCUT2D eigenvalue weighted by atomic mass is 10.2. The smallest absolute Gasteiger partial charge is 0.0392 e. The first-order valence-electron chi connectivity index (χ1n) is 4.90. The van der Waals surface area contributed by atoms with Crippen LogP contribution in [0.25, 0.3) is 0 Å². The molecule has 0 heterocycles. The summed E-state index contributed by atoms with van der Waals surface area (Å²) < 4.78 is 0. The van der Waals surface area contributed by atoms with Crippen molar-refractivity contribution in [2.75, 3.05) is 16.6 Å². The molecule has 1 aromatic carbocycles. The van der Waals surface area contributed by atoms with Crippen LogP contribution >= 0.6 is 23.5 Å². The second-order valence-corrected chi connectivity index (χ2v) is 5.54. The number of aryl methyl sites for hydroxylation is 1. The van der Waals surface area contributed by atoms with E-state index < -0.39 is 0 Å². The van der Waals surface area contributed by atoms with Crippen LogP contribution in [0.2, 0.25) is 0 Å². The highest BCUT2D eigenvalue weighted by Gasteiger charge is 1.92. The molecule has 0 atom stereocenters. The molecule has 0 aliphatic heterocycles. The zero-order chi connectivity index (χ0) is 10.1. The van der Waals surface area contributed by atoms with Crippen LogP contribution in [0.5, 0.6) is 0 Å². The zero-order valence-corrected chi connectivity index (χ0v) is 10.2. The predicted octanol–water partition coefficient (Wildman–Crippen LogP) is 3.88. The van der Waals surface area contributed by atoms with Crippen molar-refractivity contribution in [3.63, 3.8) is 0 Å². The Bertz CT molecular complexity index is 221. The molecule has 0 fully saturated rings. The van der Waals surface area contributed by atoms with Crippen LogP contribution in [-0.2, 0) is 6.42 Å². The third kappa shape index (κ3) is 5.61. The molecule has 77 valence electrons. The standard InChI is InChI=1S/C12H17S2/c1-2-9-13-11-14-10-8-12-6-4-3-5-7-12/h2-7H,8-11H2,1H3. The van der Waals surface area contributed by atoms with Crippen LogP contribution in [0.4, 0.5) is 0 Å². The monoisotopic (exact) mass is 225 g/mol. The van der Waals surface area contributed by atoms with Gasteiger partial charge in [-0.3, -0.25) is 0 Å². The van der Waals surface area contributed by atoms with Crippen LogP contribution in [0.1, 0.15) is 12.5 Å². The van der Waals surface area contributed by atoms with Crippen molar-refractivity contribution in [2.45, 2.75) is 13.3 Å². The number of hydrogen-bond acceptors (Lipinski definition) is 2. The normalized spacial score (nSPS) is 10.4. The van der Waals surface area contributed by atoms with Crippen LogP contribution < -0.4 is 0 Å². The van der Waals surface area contributed by atoms with Crippen molar-refractivity contribution < 1.29 is 0 Å². The minimum Gasteiger partial charge on any atom is -0.151 e. The van der Waals surface area contributed by atoms with Crippen LogP contribution in [0.15, 0.2) is 30.3 Å². The molecule has 0 saturated carbocycles. The largest absolute Gasteiger partial charge is 0.151 e. The second-order valence-electron chi connectivity index (χ2n) is 3.04. The molecular formula is C12H17S2. The van der Waals surface area contributed by atoms with Crippen LogP contribution in [0.3, 0.4) is 0 Å². The molecular weight excluding hydrogens is 208 g/mol. The van der Waals surface area contributed by atoms with E-state index in [0.717, 1.165) is 0 Å². The summed E-state index contributed by atoms with van der Waals surface area (Å²) in [7, 11) is 0. The van der Waals surface area contributed by atoms with Gasteiger partial charge in [0.1, 0.15) is 0 Å². The maximum absolute atomic E-state index is 2.21. The fourth-order valence-electron chi connectivity index (χ4n) is 1.12. The first kappa shape index (κ1) is 12.0. The van der Waals surface area contributed by atoms with Gasteiger partial charge in [-0.25, -0.2) is 0 Å². The van der Waals surface area contributed by atoms with Crippen molar-refractivity contribution in [2.24, 2.45) is 0 Å². The average molecular weight is 225 g/mol. The summed E-state index contributed by atoms with van der Waals surface area (Å²) in [4.78, 5) is 0. The van der Waals surface area contributed by atoms with Crippen molar-refractivity contribution >= 4 is 23.5 Å². The van der Waals surface area contributed by atoms with E-state index in [1.54, 1.807) is 0 Å². The molecule has 0 saturated heterocycles. The summed E-state index contributed by atoms with van der Waals surface area (Å²) in [5, 5.41) is 1.22. The molecule has 1 radical (unpaired) electrons. The maximum Gasteiger partial charge on any atom is 0.0392 e. The number of hydrogen-bond donors (Lipinski definition) is 0. The van der Waals surface area contributed by atoms with Gasteiger partial charge in [-0.2, -0.15) is 23.5 Å². The maximum atomic E-state index is 2.21. The first-order chi connectivity index (χ1) is 6.93. The van der Waals surface area contributed by atoms with Gasteiger partial charge in [0.05, 0.1) is 0 Å². The lowest BCUT2D eigenvalue weighted by Crippen LogP contribution is -1.88. The molecule has 2 heteroatoms. The van der Waals surface area contributed by atoms with Crippen molar-refractivity contribution in [3.8, 4) is 0 Å². The highest BCUT2D eigenvalue weighted by molar-refractivity contribution is 8.16. The summed E-state index contributed by atoms with van der Waals surface area (Å²) in [6.07, 6.45) is 3.41. The van der Waals surface area contributed by atoms with Crippen molar-refractivity contribution in [3.05, 3.63) is 42.3 Å². The molecule has 0 unspecified atom stereocenters. The van der Waals surface area contributed by atoms with Crippen LogP contribution in [-0.4, -0.2) is 16.6 Å². The Kier molecular flexibility index (Phi) is 7.06. The zero-order valence-electron chi connectivity index (χ0n) is 8.61. The second kappa shape index (κ2) is 8.25. The Morgan fingerprint density at radius 1 is 1.14 bits per heavy atom. The highest BCUT2D eigenvalue weighted by atomic mass is 32.2. The Hall–Kier alpha value is -0.0800. The van der Waals surface area contributed by atoms with E-state index in [2.05, 4.69) is 43.7 Å². The van der Waals surface area contributed by atoms with Gasteiger partial charge >= 0.3 is 0 Å². The van der Waals surface area contributed by atoms with Gasteiger partial charge in [0.2, 0.25) is 0 Å². The molecule has 0 aromatic heterocycles. The summed E-state index contributed by atoms with van der Waals surface area (Å²) in [5.74, 6) is 2.42. The summed E-state index contributed by atoms with van der Waals surface area (Å²) >= 11 is 4.03. The molecule has 1 rings (SSSR count). The highest BCUT2D eigenvalue weighted by Crippen LogP contribution is 2.14. The molecule has 0 nitrogen and oxygen atoms in total. The van der Waals surface area contributed by atoms with E-state index in [1.165, 1.54) is 28.6 Å². The molecule has 0 N–H and O–H groups in total. The molecule has 1 aromatic rings. The van der Waals surface area contributed by atoms with E-state index in [-0.39, 0.29) is 0 Å². The third-order valence-corrected chi connectivity index (χ3v) is 4.22. The van der Waals surface area contributed by atoms with E-state index in [1.807, 2.05) is 23.5 Å². The first-order valence-corrected chi connectivity index (χ1v) is 7.21. The summed E-state index contributed by atoms with van der Waals surface area (Å²) in [6, 6.07) is 10.7. The number of thioether (sulfide) groups is 2. The van der Waals surface area contributed by atoms with Gasteiger partial charge in [0.25, 0.3) is 0 Å². The number of benzene rings is 1. The molecule has 0 bridgehead atoms. The van der Waals surface area contributed by atoms with Gasteiger partial charge in [-0.1, -0.05) is 37.3 Å². The summed E-state index contributed by atoms with van der Waals surface area (Å²) in [5.41, 5.74) is 1.45. The van der Waals surface area contributed by atoms with Gasteiger partial charge < -0.3 is 0 Å². The molecule has 14 heavy (non-hydrogen) atoms. The Morgan fingerprint density at radius 3 is 2.64 bits per heavy atom. The van der Waals surface area contributed by atoms with Crippen molar-refractivity contribution in [1.29, 1.82) is 0 Å². The lowest BCUT2D eigenvalue weighted by Gasteiger charge is -2.01.